The van der Waals surface area contributed by atoms with Crippen molar-refractivity contribution in [1.82, 2.24) is 16.0 Å². The van der Waals surface area contributed by atoms with E-state index in [1.165, 1.54) is 0 Å². The van der Waals surface area contributed by atoms with E-state index in [1.54, 1.807) is 0 Å². The molecule has 20 heavy (non-hydrogen) atoms. The molecule has 0 radical (unpaired) electrons. The summed E-state index contributed by atoms with van der Waals surface area (Å²) < 4.78 is 0. The maximum atomic E-state index is 11.5. The number of hydrogen-bond donors (Lipinski definition) is 4. The normalized spacial score (nSPS) is 15.0. The number of piperidine rings is 1. The zero-order valence-corrected chi connectivity index (χ0v) is 12.3. The van der Waals surface area contributed by atoms with E-state index in [-0.39, 0.29) is 31.3 Å². The average Bonchev–Trinajstić information content (AvgIpc) is 2.36. The van der Waals surface area contributed by atoms with Gasteiger partial charge < -0.3 is 16.4 Å². The Hall–Kier alpha value is -1.34. The van der Waals surface area contributed by atoms with E-state index >= 15 is 0 Å². The van der Waals surface area contributed by atoms with E-state index < -0.39 is 11.9 Å². The standard InChI is InChI=1S/C12H22N4O3.ClH/c13-12(19)16-11(18)5-8-15-10(17)2-1-9-3-6-14-7-4-9;/h9,14H,1-8H2,(H,15,17)(H3,13,16,18,19);1H. The second kappa shape index (κ2) is 10.4. The molecule has 0 bridgehead atoms. The van der Waals surface area contributed by atoms with Gasteiger partial charge in [0.2, 0.25) is 11.8 Å². The van der Waals surface area contributed by atoms with Crippen LogP contribution in [-0.2, 0) is 9.59 Å². The van der Waals surface area contributed by atoms with Gasteiger partial charge in [-0.3, -0.25) is 14.9 Å². The minimum Gasteiger partial charge on any atom is -0.356 e. The molecule has 0 atom stereocenters. The fraction of sp³-hybridized carbons (Fsp3) is 0.750. The van der Waals surface area contributed by atoms with Gasteiger partial charge in [0.05, 0.1) is 0 Å². The Balaban J connectivity index is 0.00000361. The summed E-state index contributed by atoms with van der Waals surface area (Å²) in [6.45, 7) is 2.28. The van der Waals surface area contributed by atoms with Crippen molar-refractivity contribution in [3.05, 3.63) is 0 Å². The lowest BCUT2D eigenvalue weighted by molar-refractivity contribution is -0.122. The number of amides is 4. The molecule has 1 aliphatic heterocycles. The summed E-state index contributed by atoms with van der Waals surface area (Å²) in [5.74, 6) is 0.0849. The largest absolute Gasteiger partial charge is 0.356 e. The molecule has 4 amide bonds. The lowest BCUT2D eigenvalue weighted by atomic mass is 9.93. The number of carbonyl (C=O) groups is 3. The van der Waals surface area contributed by atoms with Crippen molar-refractivity contribution >= 4 is 30.3 Å². The van der Waals surface area contributed by atoms with Crippen LogP contribution in [-0.4, -0.2) is 37.5 Å². The number of hydrogen-bond acceptors (Lipinski definition) is 4. The predicted molar refractivity (Wildman–Crippen MR) is 77.4 cm³/mol. The first-order valence-corrected chi connectivity index (χ1v) is 6.64. The highest BCUT2D eigenvalue weighted by atomic mass is 35.5. The highest BCUT2D eigenvalue weighted by Gasteiger charge is 2.14. The van der Waals surface area contributed by atoms with Crippen molar-refractivity contribution in [2.24, 2.45) is 11.7 Å². The minimum atomic E-state index is -0.873. The monoisotopic (exact) mass is 306 g/mol. The fourth-order valence-corrected chi connectivity index (χ4v) is 2.11. The molecular weight excluding hydrogens is 284 g/mol. The molecule has 7 nitrogen and oxygen atoms in total. The van der Waals surface area contributed by atoms with Crippen LogP contribution in [0.4, 0.5) is 4.79 Å². The van der Waals surface area contributed by atoms with Crippen molar-refractivity contribution in [3.63, 3.8) is 0 Å². The van der Waals surface area contributed by atoms with Gasteiger partial charge in [0.1, 0.15) is 0 Å². The van der Waals surface area contributed by atoms with Gasteiger partial charge in [-0.15, -0.1) is 12.4 Å². The number of imide groups is 1. The lowest BCUT2D eigenvalue weighted by Gasteiger charge is -2.22. The van der Waals surface area contributed by atoms with E-state index in [4.69, 9.17) is 5.73 Å². The van der Waals surface area contributed by atoms with Crippen molar-refractivity contribution in [2.45, 2.75) is 32.1 Å². The lowest BCUT2D eigenvalue weighted by Crippen LogP contribution is -2.37. The topological polar surface area (TPSA) is 113 Å². The third-order valence-corrected chi connectivity index (χ3v) is 3.18. The molecule has 0 aromatic carbocycles. The van der Waals surface area contributed by atoms with Gasteiger partial charge in [0.25, 0.3) is 0 Å². The summed E-state index contributed by atoms with van der Waals surface area (Å²) in [5, 5.41) is 7.88. The molecule has 5 N–H and O–H groups in total. The number of urea groups is 1. The zero-order chi connectivity index (χ0) is 14.1. The first-order valence-electron chi connectivity index (χ1n) is 6.64. The highest BCUT2D eigenvalue weighted by molar-refractivity contribution is 5.93. The maximum Gasteiger partial charge on any atom is 0.318 e. The number of nitrogens with two attached hydrogens (primary N) is 1. The second-order valence-corrected chi connectivity index (χ2v) is 4.74. The predicted octanol–water partition coefficient (Wildman–Crippen LogP) is -0.111. The number of halogens is 1. The summed E-state index contributed by atoms with van der Waals surface area (Å²) in [6.07, 6.45) is 3.67. The smallest absolute Gasteiger partial charge is 0.318 e. The van der Waals surface area contributed by atoms with Gasteiger partial charge in [0.15, 0.2) is 0 Å². The Bertz CT molecular complexity index is 333. The van der Waals surface area contributed by atoms with Gasteiger partial charge in [-0.1, -0.05) is 0 Å². The Kier molecular flexibility index (Phi) is 9.75. The molecule has 116 valence electrons. The minimum absolute atomic E-state index is 0. The van der Waals surface area contributed by atoms with Crippen LogP contribution in [0.15, 0.2) is 0 Å². The SMILES string of the molecule is Cl.NC(=O)NC(=O)CCNC(=O)CCC1CCNCC1. The van der Waals surface area contributed by atoms with E-state index in [0.717, 1.165) is 32.4 Å². The van der Waals surface area contributed by atoms with E-state index in [1.807, 2.05) is 5.32 Å². The molecule has 0 saturated carbocycles. The van der Waals surface area contributed by atoms with Gasteiger partial charge in [0, 0.05) is 19.4 Å². The highest BCUT2D eigenvalue weighted by Crippen LogP contribution is 2.17. The third-order valence-electron chi connectivity index (χ3n) is 3.18. The molecule has 1 fully saturated rings. The molecule has 0 aromatic rings. The third kappa shape index (κ3) is 8.71. The van der Waals surface area contributed by atoms with Gasteiger partial charge in [-0.05, 0) is 38.3 Å². The summed E-state index contributed by atoms with van der Waals surface area (Å²) in [7, 11) is 0. The van der Waals surface area contributed by atoms with Crippen LogP contribution in [0.25, 0.3) is 0 Å². The average molecular weight is 307 g/mol. The zero-order valence-electron chi connectivity index (χ0n) is 11.4. The number of rotatable bonds is 6. The summed E-state index contributed by atoms with van der Waals surface area (Å²) in [5.41, 5.74) is 4.79. The molecule has 0 aliphatic carbocycles. The molecule has 0 spiro atoms. The van der Waals surface area contributed by atoms with Crippen LogP contribution in [0.5, 0.6) is 0 Å². The van der Waals surface area contributed by atoms with Crippen molar-refractivity contribution in [1.29, 1.82) is 0 Å². The van der Waals surface area contributed by atoms with Crippen molar-refractivity contribution < 1.29 is 14.4 Å². The summed E-state index contributed by atoms with van der Waals surface area (Å²) >= 11 is 0. The first kappa shape index (κ1) is 18.7. The Morgan fingerprint density at radius 2 is 1.75 bits per heavy atom. The van der Waals surface area contributed by atoms with Crippen molar-refractivity contribution in [2.75, 3.05) is 19.6 Å². The molecule has 1 heterocycles. The Labute approximate surface area is 124 Å². The molecular formula is C12H23ClN4O3. The van der Waals surface area contributed by atoms with Crippen LogP contribution >= 0.6 is 12.4 Å². The van der Waals surface area contributed by atoms with E-state index in [9.17, 15) is 14.4 Å². The molecule has 1 rings (SSSR count). The van der Waals surface area contributed by atoms with Gasteiger partial charge in [-0.25, -0.2) is 4.79 Å². The number of carbonyl (C=O) groups excluding carboxylic acids is 3. The maximum absolute atomic E-state index is 11.5. The molecule has 0 unspecified atom stereocenters. The Morgan fingerprint density at radius 3 is 2.35 bits per heavy atom. The summed E-state index contributed by atoms with van der Waals surface area (Å²) in [6, 6.07) is -0.873. The van der Waals surface area contributed by atoms with Crippen LogP contribution in [0, 0.1) is 5.92 Å². The molecule has 8 heteroatoms. The molecule has 1 saturated heterocycles. The quantitative estimate of drug-likeness (QED) is 0.548. The van der Waals surface area contributed by atoms with E-state index in [2.05, 4.69) is 10.6 Å². The molecule has 0 aromatic heterocycles. The van der Waals surface area contributed by atoms with Gasteiger partial charge in [-0.2, -0.15) is 0 Å². The molecule has 1 aliphatic rings. The van der Waals surface area contributed by atoms with Crippen LogP contribution in [0.1, 0.15) is 32.1 Å². The van der Waals surface area contributed by atoms with Crippen LogP contribution < -0.4 is 21.7 Å². The van der Waals surface area contributed by atoms with Crippen LogP contribution in [0.3, 0.4) is 0 Å². The van der Waals surface area contributed by atoms with Crippen molar-refractivity contribution in [3.8, 4) is 0 Å². The first-order chi connectivity index (χ1) is 9.08. The summed E-state index contributed by atoms with van der Waals surface area (Å²) in [4.78, 5) is 33.0. The second-order valence-electron chi connectivity index (χ2n) is 4.74. The van der Waals surface area contributed by atoms with E-state index in [0.29, 0.717) is 12.3 Å². The number of primary amides is 1. The Morgan fingerprint density at radius 1 is 1.10 bits per heavy atom. The van der Waals surface area contributed by atoms with Gasteiger partial charge >= 0.3 is 6.03 Å². The van der Waals surface area contributed by atoms with Crippen LogP contribution in [0.2, 0.25) is 0 Å². The fourth-order valence-electron chi connectivity index (χ4n) is 2.11. The number of nitrogens with one attached hydrogen (secondary N) is 3.